The standard InChI is InChI=1S/C14H9ClN2OS/c15-10-7-4-8-11-12(10)13(18)17(14(19)16-11)9-5-2-1-3-6-9/h1-8H,(H,16,19). The van der Waals surface area contributed by atoms with Crippen molar-refractivity contribution < 1.29 is 0 Å². The summed E-state index contributed by atoms with van der Waals surface area (Å²) in [5.74, 6) is 0. The smallest absolute Gasteiger partial charge is 0.268 e. The molecule has 1 aromatic heterocycles. The minimum absolute atomic E-state index is 0.212. The summed E-state index contributed by atoms with van der Waals surface area (Å²) in [6, 6.07) is 14.5. The normalized spacial score (nSPS) is 10.8. The first-order chi connectivity index (χ1) is 9.18. The largest absolute Gasteiger partial charge is 0.331 e. The summed E-state index contributed by atoms with van der Waals surface area (Å²) in [6.45, 7) is 0. The Kier molecular flexibility index (Phi) is 2.97. The number of para-hydroxylation sites is 1. The molecule has 0 atom stereocenters. The number of rotatable bonds is 1. The van der Waals surface area contributed by atoms with Crippen LogP contribution in [0.3, 0.4) is 0 Å². The molecule has 0 aliphatic heterocycles. The molecule has 0 unspecified atom stereocenters. The lowest BCUT2D eigenvalue weighted by Gasteiger charge is -2.08. The van der Waals surface area contributed by atoms with Gasteiger partial charge in [0.1, 0.15) is 0 Å². The Balaban J connectivity index is 2.49. The number of nitrogens with zero attached hydrogens (tertiary/aromatic N) is 1. The number of hydrogen-bond donors (Lipinski definition) is 1. The molecule has 3 rings (SSSR count). The van der Waals surface area contributed by atoms with Crippen LogP contribution in [0.1, 0.15) is 0 Å². The van der Waals surface area contributed by atoms with Crippen LogP contribution in [-0.4, -0.2) is 9.55 Å². The number of aromatic amines is 1. The molecule has 0 fully saturated rings. The zero-order valence-electron chi connectivity index (χ0n) is 9.76. The van der Waals surface area contributed by atoms with Gasteiger partial charge in [0.15, 0.2) is 4.77 Å². The van der Waals surface area contributed by atoms with Crippen molar-refractivity contribution >= 4 is 34.7 Å². The van der Waals surface area contributed by atoms with Gasteiger partial charge >= 0.3 is 0 Å². The van der Waals surface area contributed by atoms with Crippen LogP contribution in [0.2, 0.25) is 5.02 Å². The summed E-state index contributed by atoms with van der Waals surface area (Å²) in [7, 11) is 0. The highest BCUT2D eigenvalue weighted by Crippen LogP contribution is 2.19. The van der Waals surface area contributed by atoms with Gasteiger partial charge in [-0.3, -0.25) is 9.36 Å². The lowest BCUT2D eigenvalue weighted by atomic mass is 10.2. The monoisotopic (exact) mass is 288 g/mol. The second-order valence-electron chi connectivity index (χ2n) is 4.07. The van der Waals surface area contributed by atoms with Gasteiger partial charge in [-0.15, -0.1) is 0 Å². The Bertz CT molecular complexity index is 868. The fourth-order valence-corrected chi connectivity index (χ4v) is 2.59. The van der Waals surface area contributed by atoms with E-state index >= 15 is 0 Å². The molecular weight excluding hydrogens is 280 g/mol. The van der Waals surface area contributed by atoms with Gasteiger partial charge in [-0.05, 0) is 36.5 Å². The minimum atomic E-state index is -0.212. The number of aromatic nitrogens is 2. The van der Waals surface area contributed by atoms with Crippen molar-refractivity contribution in [1.82, 2.24) is 9.55 Å². The minimum Gasteiger partial charge on any atom is -0.331 e. The molecule has 0 saturated heterocycles. The van der Waals surface area contributed by atoms with Gasteiger partial charge in [0.25, 0.3) is 5.56 Å². The second kappa shape index (κ2) is 4.64. The highest BCUT2D eigenvalue weighted by atomic mass is 35.5. The van der Waals surface area contributed by atoms with E-state index in [1.807, 2.05) is 30.3 Å². The second-order valence-corrected chi connectivity index (χ2v) is 4.86. The number of nitrogens with one attached hydrogen (secondary N) is 1. The SMILES string of the molecule is O=c1c2c(Cl)cccc2[nH]c(=S)n1-c1ccccc1. The molecule has 0 bridgehead atoms. The molecule has 0 aliphatic rings. The van der Waals surface area contributed by atoms with Crippen LogP contribution in [-0.2, 0) is 0 Å². The van der Waals surface area contributed by atoms with Gasteiger partial charge in [-0.2, -0.15) is 0 Å². The van der Waals surface area contributed by atoms with Crippen LogP contribution in [0.4, 0.5) is 0 Å². The molecule has 1 N–H and O–H groups in total. The van der Waals surface area contributed by atoms with Gasteiger partial charge in [0.05, 0.1) is 21.6 Å². The van der Waals surface area contributed by atoms with E-state index in [0.717, 1.165) is 5.69 Å². The van der Waals surface area contributed by atoms with Gasteiger partial charge in [0.2, 0.25) is 0 Å². The van der Waals surface area contributed by atoms with Crippen LogP contribution in [0.25, 0.3) is 16.6 Å². The predicted octanol–water partition coefficient (Wildman–Crippen LogP) is 3.70. The van der Waals surface area contributed by atoms with Crippen LogP contribution >= 0.6 is 23.8 Å². The molecule has 0 amide bonds. The first-order valence-electron chi connectivity index (χ1n) is 5.67. The maximum atomic E-state index is 12.6. The molecular formula is C14H9ClN2OS. The van der Waals surface area contributed by atoms with Crippen molar-refractivity contribution in [2.24, 2.45) is 0 Å². The quantitative estimate of drug-likeness (QED) is 0.693. The van der Waals surface area contributed by atoms with Crippen molar-refractivity contribution in [2.45, 2.75) is 0 Å². The van der Waals surface area contributed by atoms with E-state index in [2.05, 4.69) is 4.98 Å². The highest BCUT2D eigenvalue weighted by molar-refractivity contribution is 7.71. The first-order valence-corrected chi connectivity index (χ1v) is 6.46. The lowest BCUT2D eigenvalue weighted by molar-refractivity contribution is 0.940. The third kappa shape index (κ3) is 1.99. The highest BCUT2D eigenvalue weighted by Gasteiger charge is 2.09. The van der Waals surface area contributed by atoms with E-state index in [1.54, 1.807) is 18.2 Å². The van der Waals surface area contributed by atoms with Gasteiger partial charge in [-0.1, -0.05) is 35.9 Å². The van der Waals surface area contributed by atoms with Crippen molar-refractivity contribution in [3.63, 3.8) is 0 Å². The molecule has 94 valence electrons. The van der Waals surface area contributed by atoms with E-state index in [1.165, 1.54) is 4.57 Å². The van der Waals surface area contributed by atoms with E-state index in [9.17, 15) is 4.79 Å². The Hall–Kier alpha value is -1.91. The molecule has 0 spiro atoms. The van der Waals surface area contributed by atoms with Gasteiger partial charge < -0.3 is 4.98 Å². The predicted molar refractivity (Wildman–Crippen MR) is 79.7 cm³/mol. The van der Waals surface area contributed by atoms with Crippen LogP contribution in [0.15, 0.2) is 53.3 Å². The molecule has 0 aliphatic carbocycles. The van der Waals surface area contributed by atoms with Gasteiger partial charge in [-0.25, -0.2) is 0 Å². The van der Waals surface area contributed by atoms with Crippen molar-refractivity contribution in [2.75, 3.05) is 0 Å². The third-order valence-electron chi connectivity index (χ3n) is 2.89. The van der Waals surface area contributed by atoms with Crippen LogP contribution in [0.5, 0.6) is 0 Å². The van der Waals surface area contributed by atoms with Gasteiger partial charge in [0, 0.05) is 0 Å². The Morgan fingerprint density at radius 3 is 2.53 bits per heavy atom. The third-order valence-corrected chi connectivity index (χ3v) is 3.49. The fraction of sp³-hybridized carbons (Fsp3) is 0. The maximum absolute atomic E-state index is 12.6. The van der Waals surface area contributed by atoms with Crippen molar-refractivity contribution in [3.8, 4) is 5.69 Å². The average Bonchev–Trinajstić information content (AvgIpc) is 2.39. The summed E-state index contributed by atoms with van der Waals surface area (Å²) in [5.41, 5.74) is 1.15. The van der Waals surface area contributed by atoms with E-state index in [-0.39, 0.29) is 5.56 Å². The number of halogens is 1. The van der Waals surface area contributed by atoms with E-state index in [4.69, 9.17) is 23.8 Å². The zero-order chi connectivity index (χ0) is 13.4. The van der Waals surface area contributed by atoms with Crippen molar-refractivity contribution in [1.29, 1.82) is 0 Å². The molecule has 0 saturated carbocycles. The number of benzene rings is 2. The maximum Gasteiger partial charge on any atom is 0.268 e. The Morgan fingerprint density at radius 1 is 1.05 bits per heavy atom. The molecule has 2 aromatic carbocycles. The summed E-state index contributed by atoms with van der Waals surface area (Å²) in [6.07, 6.45) is 0. The molecule has 3 aromatic rings. The number of hydrogen-bond acceptors (Lipinski definition) is 2. The number of H-pyrrole nitrogens is 1. The molecule has 3 nitrogen and oxygen atoms in total. The average molecular weight is 289 g/mol. The summed E-state index contributed by atoms with van der Waals surface area (Å²) in [4.78, 5) is 15.6. The van der Waals surface area contributed by atoms with Crippen LogP contribution < -0.4 is 5.56 Å². The topological polar surface area (TPSA) is 37.8 Å². The fourth-order valence-electron chi connectivity index (χ4n) is 2.03. The lowest BCUT2D eigenvalue weighted by Crippen LogP contribution is -2.20. The molecule has 1 heterocycles. The molecule has 19 heavy (non-hydrogen) atoms. The summed E-state index contributed by atoms with van der Waals surface area (Å²) >= 11 is 11.4. The summed E-state index contributed by atoms with van der Waals surface area (Å²) < 4.78 is 1.80. The molecule has 0 radical (unpaired) electrons. The van der Waals surface area contributed by atoms with Crippen LogP contribution in [0, 0.1) is 4.77 Å². The first kappa shape index (κ1) is 12.1. The van der Waals surface area contributed by atoms with E-state index < -0.39 is 0 Å². The van der Waals surface area contributed by atoms with Crippen molar-refractivity contribution in [3.05, 3.63) is 68.7 Å². The molecule has 5 heteroatoms. The zero-order valence-corrected chi connectivity index (χ0v) is 11.3. The number of fused-ring (bicyclic) bond motifs is 1. The van der Waals surface area contributed by atoms with E-state index in [0.29, 0.717) is 20.7 Å². The summed E-state index contributed by atoms with van der Waals surface area (Å²) in [5, 5.41) is 0.861. The Morgan fingerprint density at radius 2 is 1.79 bits per heavy atom. The Labute approximate surface area is 119 Å².